The summed E-state index contributed by atoms with van der Waals surface area (Å²) in [5.41, 5.74) is 0. The lowest BCUT2D eigenvalue weighted by Crippen LogP contribution is -2.37. The van der Waals surface area contributed by atoms with Gasteiger partial charge in [-0.25, -0.2) is 0 Å². The van der Waals surface area contributed by atoms with Crippen molar-refractivity contribution in [1.82, 2.24) is 9.80 Å². The summed E-state index contributed by atoms with van der Waals surface area (Å²) in [6.07, 6.45) is 3.68. The van der Waals surface area contributed by atoms with E-state index in [1.54, 1.807) is 0 Å². The van der Waals surface area contributed by atoms with E-state index in [4.69, 9.17) is 4.74 Å². The first-order chi connectivity index (χ1) is 8.20. The number of hydrogen-bond donors (Lipinski definition) is 0. The van der Waals surface area contributed by atoms with Gasteiger partial charge in [0, 0.05) is 13.1 Å². The number of carbonyl (C=O) groups is 1. The van der Waals surface area contributed by atoms with Crippen LogP contribution in [0.2, 0.25) is 0 Å². The van der Waals surface area contributed by atoms with Gasteiger partial charge in [0.1, 0.15) is 0 Å². The topological polar surface area (TPSA) is 32.8 Å². The molecule has 0 saturated carbocycles. The predicted molar refractivity (Wildman–Crippen MR) is 66.8 cm³/mol. The summed E-state index contributed by atoms with van der Waals surface area (Å²) in [7, 11) is 3.64. The van der Waals surface area contributed by atoms with Crippen molar-refractivity contribution >= 4 is 5.97 Å². The van der Waals surface area contributed by atoms with Gasteiger partial charge in [-0.15, -0.1) is 0 Å². The third-order valence-electron chi connectivity index (χ3n) is 4.15. The number of rotatable bonds is 4. The largest absolute Gasteiger partial charge is 0.469 e. The van der Waals surface area contributed by atoms with Gasteiger partial charge in [0.25, 0.3) is 0 Å². The predicted octanol–water partition coefficient (Wildman–Crippen LogP) is 0.823. The second kappa shape index (κ2) is 5.83. The van der Waals surface area contributed by atoms with Crippen molar-refractivity contribution in [3.63, 3.8) is 0 Å². The maximum Gasteiger partial charge on any atom is 0.310 e. The summed E-state index contributed by atoms with van der Waals surface area (Å²) in [5.74, 6) is 0.535. The molecule has 0 aromatic rings. The number of carbonyl (C=O) groups excluding carboxylic acids is 1. The molecule has 2 aliphatic rings. The minimum Gasteiger partial charge on any atom is -0.469 e. The molecule has 0 spiro atoms. The molecule has 2 fully saturated rings. The van der Waals surface area contributed by atoms with E-state index in [1.165, 1.54) is 20.0 Å². The first kappa shape index (κ1) is 12.8. The van der Waals surface area contributed by atoms with Crippen molar-refractivity contribution in [1.29, 1.82) is 0 Å². The van der Waals surface area contributed by atoms with Crippen molar-refractivity contribution < 1.29 is 9.53 Å². The second-order valence-electron chi connectivity index (χ2n) is 5.45. The lowest BCUT2D eigenvalue weighted by atomic mass is 9.91. The molecule has 2 rings (SSSR count). The minimum absolute atomic E-state index is 0.0165. The third kappa shape index (κ3) is 3.19. The Morgan fingerprint density at radius 3 is 2.59 bits per heavy atom. The lowest BCUT2D eigenvalue weighted by Gasteiger charge is -2.26. The SMILES string of the molecule is COC(=O)C(CN1CCCC1)C1CCN(C)C1. The molecule has 2 atom stereocenters. The molecule has 17 heavy (non-hydrogen) atoms. The lowest BCUT2D eigenvalue weighted by molar-refractivity contribution is -0.148. The van der Waals surface area contributed by atoms with Crippen LogP contribution < -0.4 is 0 Å². The molecule has 4 nitrogen and oxygen atoms in total. The van der Waals surface area contributed by atoms with Gasteiger partial charge in [0.05, 0.1) is 13.0 Å². The second-order valence-corrected chi connectivity index (χ2v) is 5.45. The van der Waals surface area contributed by atoms with Gasteiger partial charge in [-0.3, -0.25) is 4.79 Å². The average molecular weight is 240 g/mol. The van der Waals surface area contributed by atoms with E-state index in [-0.39, 0.29) is 11.9 Å². The zero-order valence-electron chi connectivity index (χ0n) is 11.0. The van der Waals surface area contributed by atoms with Crippen LogP contribution in [-0.2, 0) is 9.53 Å². The summed E-state index contributed by atoms with van der Waals surface area (Å²) in [6, 6.07) is 0. The highest BCUT2D eigenvalue weighted by atomic mass is 16.5. The summed E-state index contributed by atoms with van der Waals surface area (Å²) in [6.45, 7) is 5.34. The Kier molecular flexibility index (Phi) is 4.40. The molecule has 0 aliphatic carbocycles. The van der Waals surface area contributed by atoms with E-state index in [9.17, 15) is 4.79 Å². The number of nitrogens with zero attached hydrogens (tertiary/aromatic N) is 2. The number of methoxy groups -OCH3 is 1. The molecular formula is C13H24N2O2. The van der Waals surface area contributed by atoms with E-state index < -0.39 is 0 Å². The van der Waals surface area contributed by atoms with Crippen molar-refractivity contribution in [2.45, 2.75) is 19.3 Å². The molecule has 0 aromatic heterocycles. The number of ether oxygens (including phenoxy) is 1. The molecule has 0 aromatic carbocycles. The fourth-order valence-corrected chi connectivity index (χ4v) is 3.11. The Morgan fingerprint density at radius 2 is 2.06 bits per heavy atom. The Bertz CT molecular complexity index is 264. The van der Waals surface area contributed by atoms with E-state index in [1.807, 2.05) is 0 Å². The first-order valence-electron chi connectivity index (χ1n) is 6.69. The van der Waals surface area contributed by atoms with Crippen LogP contribution in [0.1, 0.15) is 19.3 Å². The molecule has 0 amide bonds. The molecule has 2 aliphatic heterocycles. The monoisotopic (exact) mass is 240 g/mol. The summed E-state index contributed by atoms with van der Waals surface area (Å²) < 4.78 is 4.99. The van der Waals surface area contributed by atoms with Crippen LogP contribution in [0, 0.1) is 11.8 Å². The summed E-state index contributed by atoms with van der Waals surface area (Å²) in [4.78, 5) is 16.7. The van der Waals surface area contributed by atoms with Gasteiger partial charge in [-0.05, 0) is 51.9 Å². The van der Waals surface area contributed by atoms with E-state index >= 15 is 0 Å². The molecule has 2 heterocycles. The van der Waals surface area contributed by atoms with Crippen LogP contribution in [0.3, 0.4) is 0 Å². The van der Waals surface area contributed by atoms with Crippen LogP contribution in [-0.4, -0.2) is 62.7 Å². The zero-order chi connectivity index (χ0) is 12.3. The molecule has 98 valence electrons. The zero-order valence-corrected chi connectivity index (χ0v) is 11.0. The number of hydrogen-bond acceptors (Lipinski definition) is 4. The first-order valence-corrected chi connectivity index (χ1v) is 6.69. The van der Waals surface area contributed by atoms with Crippen molar-refractivity contribution in [3.05, 3.63) is 0 Å². The highest BCUT2D eigenvalue weighted by Gasteiger charge is 2.35. The number of esters is 1. The van der Waals surface area contributed by atoms with Crippen molar-refractivity contribution in [2.24, 2.45) is 11.8 Å². The molecule has 4 heteroatoms. The van der Waals surface area contributed by atoms with Gasteiger partial charge in [0.2, 0.25) is 0 Å². The minimum atomic E-state index is -0.0165. The molecular weight excluding hydrogens is 216 g/mol. The van der Waals surface area contributed by atoms with Crippen LogP contribution in [0.25, 0.3) is 0 Å². The van der Waals surface area contributed by atoms with E-state index in [2.05, 4.69) is 16.8 Å². The van der Waals surface area contributed by atoms with Gasteiger partial charge in [0.15, 0.2) is 0 Å². The number of likely N-dealkylation sites (tertiary alicyclic amines) is 2. The van der Waals surface area contributed by atoms with Gasteiger partial charge in [-0.2, -0.15) is 0 Å². The Hall–Kier alpha value is -0.610. The highest BCUT2D eigenvalue weighted by Crippen LogP contribution is 2.26. The molecule has 2 saturated heterocycles. The Morgan fingerprint density at radius 1 is 1.35 bits per heavy atom. The van der Waals surface area contributed by atoms with Crippen molar-refractivity contribution in [2.75, 3.05) is 46.9 Å². The molecule has 2 unspecified atom stereocenters. The molecule has 0 bridgehead atoms. The van der Waals surface area contributed by atoms with E-state index in [0.29, 0.717) is 5.92 Å². The van der Waals surface area contributed by atoms with E-state index in [0.717, 1.165) is 39.1 Å². The van der Waals surface area contributed by atoms with Gasteiger partial charge < -0.3 is 14.5 Å². The maximum absolute atomic E-state index is 11.9. The fraction of sp³-hybridized carbons (Fsp3) is 0.923. The van der Waals surface area contributed by atoms with Gasteiger partial charge in [-0.1, -0.05) is 0 Å². The van der Waals surface area contributed by atoms with Crippen LogP contribution in [0.4, 0.5) is 0 Å². The Labute approximate surface area is 104 Å². The fourth-order valence-electron chi connectivity index (χ4n) is 3.11. The highest BCUT2D eigenvalue weighted by molar-refractivity contribution is 5.73. The smallest absolute Gasteiger partial charge is 0.310 e. The summed E-state index contributed by atoms with van der Waals surface area (Å²) >= 11 is 0. The Balaban J connectivity index is 1.94. The molecule has 0 radical (unpaired) electrons. The standard InChI is InChI=1S/C13H24N2O2/c1-14-8-5-11(9-14)12(13(16)17-2)10-15-6-3-4-7-15/h11-12H,3-10H2,1-2H3. The normalized spacial score (nSPS) is 28.5. The van der Waals surface area contributed by atoms with Crippen LogP contribution in [0.5, 0.6) is 0 Å². The summed E-state index contributed by atoms with van der Waals surface area (Å²) in [5, 5.41) is 0. The quantitative estimate of drug-likeness (QED) is 0.681. The molecule has 0 N–H and O–H groups in total. The van der Waals surface area contributed by atoms with Crippen LogP contribution >= 0.6 is 0 Å². The van der Waals surface area contributed by atoms with Crippen LogP contribution in [0.15, 0.2) is 0 Å². The van der Waals surface area contributed by atoms with Gasteiger partial charge >= 0.3 is 5.97 Å². The average Bonchev–Trinajstić information content (AvgIpc) is 2.96. The third-order valence-corrected chi connectivity index (χ3v) is 4.15. The van der Waals surface area contributed by atoms with Crippen molar-refractivity contribution in [3.8, 4) is 0 Å². The maximum atomic E-state index is 11.9.